The Kier molecular flexibility index (Phi) is 3.30. The molecule has 1 fully saturated rings. The van der Waals surface area contributed by atoms with Gasteiger partial charge in [-0.1, -0.05) is 19.3 Å². The van der Waals surface area contributed by atoms with Gasteiger partial charge in [-0.3, -0.25) is 0 Å². The summed E-state index contributed by atoms with van der Waals surface area (Å²) in [6.07, 6.45) is 5.89. The standard InChI is InChI=1S/C8H17NO2/c1-10-11-7-8(9)5-3-2-4-6-8/h2-7,9H2,1H3. The first-order valence-electron chi connectivity index (χ1n) is 4.21. The maximum absolute atomic E-state index is 6.04. The van der Waals surface area contributed by atoms with Crippen LogP contribution in [0.25, 0.3) is 0 Å². The molecule has 0 unspecified atom stereocenters. The van der Waals surface area contributed by atoms with Gasteiger partial charge in [-0.25, -0.2) is 9.78 Å². The number of hydrogen-bond acceptors (Lipinski definition) is 3. The summed E-state index contributed by atoms with van der Waals surface area (Å²) in [5.74, 6) is 0. The molecule has 0 aromatic heterocycles. The van der Waals surface area contributed by atoms with Gasteiger partial charge < -0.3 is 5.73 Å². The van der Waals surface area contributed by atoms with Gasteiger partial charge in [0.25, 0.3) is 0 Å². The number of rotatable bonds is 3. The normalized spacial score (nSPS) is 23.5. The van der Waals surface area contributed by atoms with Crippen LogP contribution in [0.5, 0.6) is 0 Å². The van der Waals surface area contributed by atoms with Gasteiger partial charge in [0.1, 0.15) is 6.61 Å². The molecule has 0 radical (unpaired) electrons. The highest BCUT2D eigenvalue weighted by Gasteiger charge is 2.27. The summed E-state index contributed by atoms with van der Waals surface area (Å²) in [5.41, 5.74) is 5.92. The highest BCUT2D eigenvalue weighted by atomic mass is 17.2. The zero-order valence-corrected chi connectivity index (χ0v) is 7.14. The average Bonchev–Trinajstić information content (AvgIpc) is 2.03. The molecule has 0 atom stereocenters. The second kappa shape index (κ2) is 4.04. The first-order valence-corrected chi connectivity index (χ1v) is 4.21. The lowest BCUT2D eigenvalue weighted by atomic mass is 9.83. The van der Waals surface area contributed by atoms with Crippen LogP contribution in [0.2, 0.25) is 0 Å². The van der Waals surface area contributed by atoms with Gasteiger partial charge in [-0.2, -0.15) is 0 Å². The Morgan fingerprint density at radius 1 is 1.27 bits per heavy atom. The van der Waals surface area contributed by atoms with Gasteiger partial charge in [0.2, 0.25) is 0 Å². The van der Waals surface area contributed by atoms with Crippen molar-refractivity contribution in [3.05, 3.63) is 0 Å². The maximum Gasteiger partial charge on any atom is 0.100 e. The summed E-state index contributed by atoms with van der Waals surface area (Å²) < 4.78 is 0. The molecular weight excluding hydrogens is 142 g/mol. The van der Waals surface area contributed by atoms with Crippen molar-refractivity contribution in [3.8, 4) is 0 Å². The zero-order chi connectivity index (χ0) is 8.16. The predicted octanol–water partition coefficient (Wildman–Crippen LogP) is 1.23. The number of nitrogens with two attached hydrogens (primary N) is 1. The van der Waals surface area contributed by atoms with Gasteiger partial charge in [-0.05, 0) is 12.8 Å². The lowest BCUT2D eigenvalue weighted by molar-refractivity contribution is -0.283. The van der Waals surface area contributed by atoms with Crippen LogP contribution in [-0.4, -0.2) is 19.3 Å². The molecular formula is C8H17NO2. The van der Waals surface area contributed by atoms with E-state index in [4.69, 9.17) is 10.6 Å². The van der Waals surface area contributed by atoms with Crippen LogP contribution in [0.1, 0.15) is 32.1 Å². The highest BCUT2D eigenvalue weighted by molar-refractivity contribution is 4.86. The smallest absolute Gasteiger partial charge is 0.100 e. The van der Waals surface area contributed by atoms with E-state index in [-0.39, 0.29) is 5.54 Å². The molecule has 0 spiro atoms. The molecule has 0 aromatic rings. The van der Waals surface area contributed by atoms with Crippen molar-refractivity contribution in [1.29, 1.82) is 0 Å². The third-order valence-electron chi connectivity index (χ3n) is 2.31. The third-order valence-corrected chi connectivity index (χ3v) is 2.31. The van der Waals surface area contributed by atoms with E-state index in [0.717, 1.165) is 12.8 Å². The van der Waals surface area contributed by atoms with Crippen LogP contribution in [0.4, 0.5) is 0 Å². The molecule has 0 aliphatic heterocycles. The van der Waals surface area contributed by atoms with E-state index in [9.17, 15) is 0 Å². The zero-order valence-electron chi connectivity index (χ0n) is 7.14. The summed E-state index contributed by atoms with van der Waals surface area (Å²) in [7, 11) is 1.52. The van der Waals surface area contributed by atoms with E-state index in [1.165, 1.54) is 26.4 Å². The van der Waals surface area contributed by atoms with E-state index in [0.29, 0.717) is 6.61 Å². The predicted molar refractivity (Wildman–Crippen MR) is 43.0 cm³/mol. The van der Waals surface area contributed by atoms with Crippen LogP contribution >= 0.6 is 0 Å². The molecule has 1 aliphatic carbocycles. The molecule has 1 rings (SSSR count). The lowest BCUT2D eigenvalue weighted by Crippen LogP contribution is -2.45. The van der Waals surface area contributed by atoms with Crippen molar-refractivity contribution in [1.82, 2.24) is 0 Å². The fraction of sp³-hybridized carbons (Fsp3) is 1.00. The summed E-state index contributed by atoms with van der Waals surface area (Å²) in [5, 5.41) is 0. The van der Waals surface area contributed by atoms with E-state index in [1.807, 2.05) is 0 Å². The molecule has 0 aromatic carbocycles. The lowest BCUT2D eigenvalue weighted by Gasteiger charge is -2.31. The molecule has 0 bridgehead atoms. The van der Waals surface area contributed by atoms with Crippen LogP contribution < -0.4 is 5.73 Å². The topological polar surface area (TPSA) is 44.5 Å². The largest absolute Gasteiger partial charge is 0.323 e. The monoisotopic (exact) mass is 159 g/mol. The van der Waals surface area contributed by atoms with Crippen molar-refractivity contribution >= 4 is 0 Å². The Labute approximate surface area is 67.8 Å². The van der Waals surface area contributed by atoms with E-state index in [1.54, 1.807) is 0 Å². The molecule has 11 heavy (non-hydrogen) atoms. The molecule has 2 N–H and O–H groups in total. The summed E-state index contributed by atoms with van der Waals surface area (Å²) in [6.45, 7) is 0.531. The van der Waals surface area contributed by atoms with Crippen LogP contribution in [-0.2, 0) is 9.78 Å². The van der Waals surface area contributed by atoms with Gasteiger partial charge in [-0.15, -0.1) is 0 Å². The SMILES string of the molecule is COOCC1(N)CCCCC1. The molecule has 1 saturated carbocycles. The minimum atomic E-state index is -0.117. The summed E-state index contributed by atoms with van der Waals surface area (Å²) >= 11 is 0. The molecule has 3 heteroatoms. The second-order valence-corrected chi connectivity index (χ2v) is 3.35. The van der Waals surface area contributed by atoms with E-state index in [2.05, 4.69) is 4.89 Å². The minimum absolute atomic E-state index is 0.117. The molecule has 3 nitrogen and oxygen atoms in total. The second-order valence-electron chi connectivity index (χ2n) is 3.35. The highest BCUT2D eigenvalue weighted by Crippen LogP contribution is 2.25. The Morgan fingerprint density at radius 2 is 1.91 bits per heavy atom. The van der Waals surface area contributed by atoms with E-state index < -0.39 is 0 Å². The van der Waals surface area contributed by atoms with Crippen molar-refractivity contribution in [3.63, 3.8) is 0 Å². The van der Waals surface area contributed by atoms with Crippen molar-refractivity contribution < 1.29 is 9.78 Å². The minimum Gasteiger partial charge on any atom is -0.323 e. The Morgan fingerprint density at radius 3 is 2.45 bits per heavy atom. The molecule has 0 heterocycles. The fourth-order valence-electron chi connectivity index (χ4n) is 1.58. The van der Waals surface area contributed by atoms with Crippen LogP contribution in [0.15, 0.2) is 0 Å². The quantitative estimate of drug-likeness (QED) is 0.497. The van der Waals surface area contributed by atoms with Gasteiger partial charge in [0.05, 0.1) is 7.11 Å². The summed E-state index contributed by atoms with van der Waals surface area (Å²) in [4.78, 5) is 9.38. The van der Waals surface area contributed by atoms with Gasteiger partial charge in [0.15, 0.2) is 0 Å². The van der Waals surface area contributed by atoms with Gasteiger partial charge >= 0.3 is 0 Å². The Hall–Kier alpha value is -0.120. The van der Waals surface area contributed by atoms with Crippen LogP contribution in [0.3, 0.4) is 0 Å². The third kappa shape index (κ3) is 2.77. The van der Waals surface area contributed by atoms with Crippen LogP contribution in [0, 0.1) is 0 Å². The fourth-order valence-corrected chi connectivity index (χ4v) is 1.58. The Balaban J connectivity index is 2.25. The first-order chi connectivity index (χ1) is 5.27. The van der Waals surface area contributed by atoms with E-state index >= 15 is 0 Å². The number of hydrogen-bond donors (Lipinski definition) is 1. The van der Waals surface area contributed by atoms with Crippen molar-refractivity contribution in [2.24, 2.45) is 5.73 Å². The average molecular weight is 159 g/mol. The van der Waals surface area contributed by atoms with Gasteiger partial charge in [0, 0.05) is 5.54 Å². The molecule has 66 valence electrons. The molecule has 0 saturated heterocycles. The summed E-state index contributed by atoms with van der Waals surface area (Å²) in [6, 6.07) is 0. The molecule has 1 aliphatic rings. The molecule has 0 amide bonds. The Bertz CT molecular complexity index is 111. The maximum atomic E-state index is 6.04. The first kappa shape index (κ1) is 8.97. The van der Waals surface area contributed by atoms with Crippen molar-refractivity contribution in [2.45, 2.75) is 37.6 Å². The van der Waals surface area contributed by atoms with Crippen molar-refractivity contribution in [2.75, 3.05) is 13.7 Å².